The molecule has 2 heterocycles. The fourth-order valence-electron chi connectivity index (χ4n) is 5.00. The molecule has 0 bridgehead atoms. The van der Waals surface area contributed by atoms with Gasteiger partial charge in [0.1, 0.15) is 0 Å². The van der Waals surface area contributed by atoms with Gasteiger partial charge in [0.25, 0.3) is 0 Å². The predicted molar refractivity (Wildman–Crippen MR) is 174 cm³/mol. The Labute approximate surface area is 267 Å². The Morgan fingerprint density at radius 2 is 1.69 bits per heavy atom. The topological polar surface area (TPSA) is 141 Å². The number of rotatable bonds is 13. The van der Waals surface area contributed by atoms with Crippen LogP contribution in [0.1, 0.15) is 60.3 Å². The number of aliphatic hydroxyl groups is 1. The van der Waals surface area contributed by atoms with Crippen LogP contribution < -0.4 is 16.4 Å². The molecule has 1 aliphatic heterocycles. The number of aryl methyl sites for hydroxylation is 1. The molecule has 1 aromatic heterocycles. The van der Waals surface area contributed by atoms with Crippen LogP contribution in [-0.4, -0.2) is 38.3 Å². The first-order valence-corrected chi connectivity index (χ1v) is 16.0. The number of amides is 2. The second kappa shape index (κ2) is 15.7. The van der Waals surface area contributed by atoms with Gasteiger partial charge in [0.05, 0.1) is 30.2 Å². The molecule has 45 heavy (non-hydrogen) atoms. The molecule has 236 valence electrons. The van der Waals surface area contributed by atoms with E-state index in [1.54, 1.807) is 42.2 Å². The largest absolute Gasteiger partial charge is 0.397 e. The second-order valence-corrected chi connectivity index (χ2v) is 12.0. The van der Waals surface area contributed by atoms with E-state index < -0.39 is 6.29 Å². The third kappa shape index (κ3) is 9.18. The molecule has 10 nitrogen and oxygen atoms in total. The monoisotopic (exact) mass is 629 g/mol. The summed E-state index contributed by atoms with van der Waals surface area (Å²) in [5.74, 6) is 0.431. The van der Waals surface area contributed by atoms with Crippen molar-refractivity contribution in [2.75, 3.05) is 16.8 Å². The van der Waals surface area contributed by atoms with E-state index in [0.717, 1.165) is 33.2 Å². The zero-order valence-corrected chi connectivity index (χ0v) is 26.0. The third-order valence-electron chi connectivity index (χ3n) is 7.57. The maximum absolute atomic E-state index is 12.4. The molecule has 0 spiro atoms. The summed E-state index contributed by atoms with van der Waals surface area (Å²) in [5, 5.41) is 16.1. The van der Waals surface area contributed by atoms with Gasteiger partial charge >= 0.3 is 0 Å². The number of thioether (sulfide) groups is 1. The van der Waals surface area contributed by atoms with Crippen LogP contribution in [0, 0.1) is 0 Å². The predicted octanol–water partition coefficient (Wildman–Crippen LogP) is 5.26. The van der Waals surface area contributed by atoms with Crippen molar-refractivity contribution in [2.24, 2.45) is 7.05 Å². The lowest BCUT2D eigenvalue weighted by atomic mass is 10.0. The number of nitrogen functional groups attached to an aromatic ring is 1. The van der Waals surface area contributed by atoms with E-state index in [1.807, 2.05) is 66.3 Å². The van der Waals surface area contributed by atoms with Gasteiger partial charge in [-0.3, -0.25) is 9.59 Å². The number of hydrogen-bond donors (Lipinski definition) is 4. The molecule has 1 fully saturated rings. The number of carbonyl (C=O) groups excluding carboxylic acids is 2. The van der Waals surface area contributed by atoms with Gasteiger partial charge in [0.15, 0.2) is 11.4 Å². The number of benzene rings is 3. The van der Waals surface area contributed by atoms with Gasteiger partial charge in [-0.05, 0) is 35.2 Å². The quantitative estimate of drug-likeness (QED) is 0.116. The normalized spacial score (nSPS) is 18.0. The SMILES string of the molecule is Cn1ccnc1SC[C@H]1C[C@@H](c2ccc(CO)cc2)O[C@@H](c2ccc(CNC(=O)CCCC(=O)Nc3ccccc3N)cc2)O1. The lowest BCUT2D eigenvalue weighted by Gasteiger charge is -2.36. The molecule has 3 aromatic carbocycles. The molecular formula is C34H39N5O5S. The number of nitrogens with zero attached hydrogens (tertiary/aromatic N) is 2. The number of carbonyl (C=O) groups is 2. The van der Waals surface area contributed by atoms with Crippen molar-refractivity contribution < 1.29 is 24.2 Å². The average molecular weight is 630 g/mol. The van der Waals surface area contributed by atoms with Crippen LogP contribution in [0.2, 0.25) is 0 Å². The molecule has 0 radical (unpaired) electrons. The Kier molecular flexibility index (Phi) is 11.3. The molecule has 0 unspecified atom stereocenters. The number of aliphatic hydroxyl groups excluding tert-OH is 1. The first kappa shape index (κ1) is 32.2. The lowest BCUT2D eigenvalue weighted by molar-refractivity contribution is -0.245. The van der Waals surface area contributed by atoms with Crippen molar-refractivity contribution in [1.82, 2.24) is 14.9 Å². The fourth-order valence-corrected chi connectivity index (χ4v) is 5.95. The number of nitrogens with two attached hydrogens (primary N) is 1. The number of imidazole rings is 1. The van der Waals surface area contributed by atoms with Gasteiger partial charge in [-0.15, -0.1) is 0 Å². The summed E-state index contributed by atoms with van der Waals surface area (Å²) in [4.78, 5) is 29.0. The molecular weight excluding hydrogens is 590 g/mol. The van der Waals surface area contributed by atoms with E-state index in [4.69, 9.17) is 15.2 Å². The maximum Gasteiger partial charge on any atom is 0.224 e. The van der Waals surface area contributed by atoms with Crippen LogP contribution in [0.25, 0.3) is 0 Å². The fraction of sp³-hybridized carbons (Fsp3) is 0.324. The minimum absolute atomic E-state index is 0.00485. The molecule has 1 saturated heterocycles. The zero-order valence-electron chi connectivity index (χ0n) is 25.2. The Bertz CT molecular complexity index is 1560. The van der Waals surface area contributed by atoms with E-state index in [0.29, 0.717) is 30.8 Å². The highest BCUT2D eigenvalue weighted by Gasteiger charge is 2.32. The minimum atomic E-state index is -0.561. The molecule has 5 rings (SSSR count). The first-order chi connectivity index (χ1) is 21.9. The smallest absolute Gasteiger partial charge is 0.224 e. The van der Waals surface area contributed by atoms with Crippen LogP contribution in [-0.2, 0) is 39.3 Å². The van der Waals surface area contributed by atoms with Crippen molar-refractivity contribution in [3.05, 3.63) is 107 Å². The zero-order chi connectivity index (χ0) is 31.6. The number of aromatic nitrogens is 2. The van der Waals surface area contributed by atoms with Crippen molar-refractivity contribution in [1.29, 1.82) is 0 Å². The highest BCUT2D eigenvalue weighted by molar-refractivity contribution is 7.99. The van der Waals surface area contributed by atoms with Gasteiger partial charge in [0, 0.05) is 56.6 Å². The summed E-state index contributed by atoms with van der Waals surface area (Å²) >= 11 is 1.65. The van der Waals surface area contributed by atoms with Gasteiger partial charge in [-0.1, -0.05) is 72.4 Å². The van der Waals surface area contributed by atoms with E-state index >= 15 is 0 Å². The van der Waals surface area contributed by atoms with Gasteiger partial charge in [0.2, 0.25) is 11.8 Å². The molecule has 2 amide bonds. The molecule has 1 aliphatic rings. The highest BCUT2D eigenvalue weighted by atomic mass is 32.2. The Hall–Kier alpha value is -4.16. The van der Waals surface area contributed by atoms with Crippen LogP contribution in [0.4, 0.5) is 11.4 Å². The van der Waals surface area contributed by atoms with Crippen molar-refractivity contribution in [3.63, 3.8) is 0 Å². The Balaban J connectivity index is 1.13. The van der Waals surface area contributed by atoms with E-state index in [-0.39, 0.29) is 43.5 Å². The van der Waals surface area contributed by atoms with E-state index in [1.165, 1.54) is 0 Å². The number of ether oxygens (including phenoxy) is 2. The van der Waals surface area contributed by atoms with Crippen LogP contribution in [0.3, 0.4) is 0 Å². The summed E-state index contributed by atoms with van der Waals surface area (Å²) in [5.41, 5.74) is 10.7. The van der Waals surface area contributed by atoms with Gasteiger partial charge in [-0.25, -0.2) is 4.98 Å². The van der Waals surface area contributed by atoms with Crippen molar-refractivity contribution in [2.45, 2.75) is 62.5 Å². The third-order valence-corrected chi connectivity index (χ3v) is 8.76. The van der Waals surface area contributed by atoms with Gasteiger partial charge < -0.3 is 35.5 Å². The number of hydrogen-bond acceptors (Lipinski definition) is 8. The highest BCUT2D eigenvalue weighted by Crippen LogP contribution is 2.39. The van der Waals surface area contributed by atoms with Crippen LogP contribution in [0.15, 0.2) is 90.3 Å². The number of para-hydroxylation sites is 2. The number of anilines is 2. The Morgan fingerprint density at radius 3 is 2.40 bits per heavy atom. The summed E-state index contributed by atoms with van der Waals surface area (Å²) in [6.45, 7) is 0.371. The molecule has 4 aromatic rings. The maximum atomic E-state index is 12.4. The van der Waals surface area contributed by atoms with Crippen molar-refractivity contribution >= 4 is 35.0 Å². The molecule has 3 atom stereocenters. The average Bonchev–Trinajstić information content (AvgIpc) is 3.48. The van der Waals surface area contributed by atoms with Crippen LogP contribution in [0.5, 0.6) is 0 Å². The first-order valence-electron chi connectivity index (χ1n) is 15.0. The second-order valence-electron chi connectivity index (χ2n) is 11.0. The number of nitrogens with one attached hydrogen (secondary N) is 2. The molecule has 5 N–H and O–H groups in total. The summed E-state index contributed by atoms with van der Waals surface area (Å²) in [7, 11) is 1.97. The van der Waals surface area contributed by atoms with E-state index in [2.05, 4.69) is 15.6 Å². The minimum Gasteiger partial charge on any atom is -0.397 e. The summed E-state index contributed by atoms with van der Waals surface area (Å²) < 4.78 is 14.9. The molecule has 0 saturated carbocycles. The lowest BCUT2D eigenvalue weighted by Crippen LogP contribution is -2.31. The summed E-state index contributed by atoms with van der Waals surface area (Å²) in [6, 6.07) is 22.7. The molecule has 0 aliphatic carbocycles. The molecule has 11 heteroatoms. The van der Waals surface area contributed by atoms with E-state index in [9.17, 15) is 14.7 Å². The van der Waals surface area contributed by atoms with Crippen molar-refractivity contribution in [3.8, 4) is 0 Å². The summed E-state index contributed by atoms with van der Waals surface area (Å²) in [6.07, 6.45) is 4.51. The van der Waals surface area contributed by atoms with Crippen LogP contribution >= 0.6 is 11.8 Å². The standard InChI is InChI=1S/C34H39N5O5S/c1-39-18-17-36-34(39)45-22-27-19-30(25-13-11-24(21-40)12-14-25)44-33(43-27)26-15-9-23(10-16-26)20-37-31(41)7-4-8-32(42)38-29-6-3-2-5-28(29)35/h2-3,5-6,9-18,27,30,33,40H,4,7-8,19-22,35H2,1H3,(H,37,41)(H,38,42)/t27-,30+,33+/m1/s1. The van der Waals surface area contributed by atoms with Gasteiger partial charge in [-0.2, -0.15) is 0 Å². The Morgan fingerprint density at radius 1 is 0.978 bits per heavy atom.